The van der Waals surface area contributed by atoms with Gasteiger partial charge < -0.3 is 60.9 Å². The molecule has 1 aliphatic rings. The van der Waals surface area contributed by atoms with Gasteiger partial charge in [0.05, 0.1) is 43.6 Å². The quantitative estimate of drug-likeness (QED) is 0.0583. The maximum atomic E-state index is 13.2. The number of nitrogens with zero attached hydrogens (tertiary/aromatic N) is 1. The second kappa shape index (κ2) is 19.6. The number of anilines is 4. The highest BCUT2D eigenvalue weighted by atomic mass is 16.7. The number of carbonyl (C=O) groups is 6. The molecule has 0 radical (unpaired) electrons. The lowest BCUT2D eigenvalue weighted by atomic mass is 10.1. The SMILES string of the molecule is COc1c(NC(=O)c2ccc(NC(=O)c3ccc(NC(=O)[C@H](CC#N)NC(=O)c4ccc(NC(=O)/C(C)=C/c5ccc6c(c5)OCO6)cc4)cc3)c(OC)c2O)ccc(C(=O)O)c1O. The van der Waals surface area contributed by atoms with E-state index in [0.717, 1.165) is 18.7 Å². The average molecular weight is 871 g/mol. The van der Waals surface area contributed by atoms with Crippen molar-refractivity contribution in [1.82, 2.24) is 5.32 Å². The van der Waals surface area contributed by atoms with Gasteiger partial charge in [-0.05, 0) is 103 Å². The van der Waals surface area contributed by atoms with Gasteiger partial charge >= 0.3 is 5.97 Å². The molecule has 0 unspecified atom stereocenters. The highest BCUT2D eigenvalue weighted by Gasteiger charge is 2.25. The van der Waals surface area contributed by atoms with Crippen molar-refractivity contribution in [3.05, 3.63) is 124 Å². The van der Waals surface area contributed by atoms with E-state index >= 15 is 0 Å². The summed E-state index contributed by atoms with van der Waals surface area (Å²) in [6, 6.07) is 22.2. The summed E-state index contributed by atoms with van der Waals surface area (Å²) >= 11 is 0. The number of hydrogen-bond acceptors (Lipinski definition) is 13. The van der Waals surface area contributed by atoms with Crippen molar-refractivity contribution >= 4 is 64.3 Å². The van der Waals surface area contributed by atoms with Crippen LogP contribution in [-0.4, -0.2) is 77.9 Å². The van der Waals surface area contributed by atoms with Crippen LogP contribution in [-0.2, 0) is 9.59 Å². The molecule has 5 aromatic carbocycles. The van der Waals surface area contributed by atoms with Gasteiger partial charge in [0.2, 0.25) is 12.7 Å². The first-order valence-electron chi connectivity index (χ1n) is 18.9. The van der Waals surface area contributed by atoms with Crippen molar-refractivity contribution in [1.29, 1.82) is 5.26 Å². The number of hydrogen-bond donors (Lipinski definition) is 8. The normalized spacial score (nSPS) is 11.9. The van der Waals surface area contributed by atoms with Crippen LogP contribution in [0.15, 0.2) is 96.6 Å². The summed E-state index contributed by atoms with van der Waals surface area (Å²) < 4.78 is 21.0. The molecule has 0 saturated carbocycles. The number of fused-ring (bicyclic) bond motifs is 1. The number of phenolic OH excluding ortho intramolecular Hbond substituents is 1. The Morgan fingerprint density at radius 2 is 1.25 bits per heavy atom. The number of nitrogens with one attached hydrogen (secondary N) is 5. The average Bonchev–Trinajstić information content (AvgIpc) is 3.75. The molecule has 1 heterocycles. The minimum Gasteiger partial charge on any atom is -0.504 e. The van der Waals surface area contributed by atoms with E-state index < -0.39 is 52.7 Å². The van der Waals surface area contributed by atoms with Crippen molar-refractivity contribution in [3.8, 4) is 40.6 Å². The fourth-order valence-corrected chi connectivity index (χ4v) is 6.22. The zero-order valence-corrected chi connectivity index (χ0v) is 34.1. The van der Waals surface area contributed by atoms with Gasteiger partial charge in [0.25, 0.3) is 23.6 Å². The number of rotatable bonds is 15. The first kappa shape index (κ1) is 44.5. The summed E-state index contributed by atoms with van der Waals surface area (Å²) in [6.07, 6.45) is 1.32. The zero-order valence-electron chi connectivity index (χ0n) is 34.1. The van der Waals surface area contributed by atoms with Crippen LogP contribution in [0, 0.1) is 11.3 Å². The van der Waals surface area contributed by atoms with Crippen molar-refractivity contribution < 1.29 is 63.0 Å². The summed E-state index contributed by atoms with van der Waals surface area (Å²) in [6.45, 7) is 1.78. The van der Waals surface area contributed by atoms with E-state index in [9.17, 15) is 49.3 Å². The summed E-state index contributed by atoms with van der Waals surface area (Å²) in [5.41, 5.74) is 1.18. The Kier molecular flexibility index (Phi) is 13.6. The fraction of sp³-hybridized carbons (Fsp3) is 0.133. The minimum atomic E-state index is -1.43. The summed E-state index contributed by atoms with van der Waals surface area (Å²) in [7, 11) is 2.35. The Hall–Kier alpha value is -9.05. The van der Waals surface area contributed by atoms with Crippen molar-refractivity contribution in [2.45, 2.75) is 19.4 Å². The molecule has 0 saturated heterocycles. The molecule has 0 spiro atoms. The van der Waals surface area contributed by atoms with E-state index in [2.05, 4.69) is 26.6 Å². The van der Waals surface area contributed by atoms with Crippen LogP contribution in [0.25, 0.3) is 6.08 Å². The number of phenols is 2. The van der Waals surface area contributed by atoms with Crippen LogP contribution in [0.1, 0.15) is 60.3 Å². The molecule has 1 aliphatic heterocycles. The van der Waals surface area contributed by atoms with E-state index in [1.165, 1.54) is 73.8 Å². The molecule has 19 heteroatoms. The molecule has 0 fully saturated rings. The predicted octanol–water partition coefficient (Wildman–Crippen LogP) is 5.74. The third kappa shape index (κ3) is 10.1. The van der Waals surface area contributed by atoms with Crippen LogP contribution >= 0.6 is 0 Å². The lowest BCUT2D eigenvalue weighted by molar-refractivity contribution is -0.118. The molecule has 0 aromatic heterocycles. The Balaban J connectivity index is 1.04. The van der Waals surface area contributed by atoms with E-state index in [1.54, 1.807) is 31.2 Å². The number of amides is 5. The standard InChI is InChI=1S/C45H38N6O13/c1-23(20-24-4-17-34-35(21-24)64-22-63-34)40(54)47-27-9-5-26(6-10-27)42(56)51-33(18-19-46)44(58)48-28-11-7-25(8-12-28)41(55)49-31-15-13-29(36(52)38(31)61-2)43(57)50-32-16-14-30(45(59)60)37(53)39(32)62-3/h4-17,20-21,33,52-53H,18,22H2,1-3H3,(H,47,54)(H,48,58)(H,49,55)(H,50,57)(H,51,56)(H,59,60)/b23-20+/t33-/m0/s1. The Morgan fingerprint density at radius 3 is 1.84 bits per heavy atom. The maximum Gasteiger partial charge on any atom is 0.339 e. The fourth-order valence-electron chi connectivity index (χ4n) is 6.22. The van der Waals surface area contributed by atoms with Gasteiger partial charge in [-0.25, -0.2) is 4.79 Å². The van der Waals surface area contributed by atoms with Crippen LogP contribution < -0.4 is 45.5 Å². The molecule has 19 nitrogen and oxygen atoms in total. The van der Waals surface area contributed by atoms with Crippen molar-refractivity contribution in [3.63, 3.8) is 0 Å². The van der Waals surface area contributed by atoms with Gasteiger partial charge in [-0.3, -0.25) is 24.0 Å². The van der Waals surface area contributed by atoms with Gasteiger partial charge in [-0.2, -0.15) is 5.26 Å². The minimum absolute atomic E-state index is 0.0180. The van der Waals surface area contributed by atoms with Gasteiger partial charge in [-0.15, -0.1) is 0 Å². The topological polar surface area (TPSA) is 284 Å². The van der Waals surface area contributed by atoms with Crippen LogP contribution in [0.4, 0.5) is 22.7 Å². The second-order valence-electron chi connectivity index (χ2n) is 13.7. The highest BCUT2D eigenvalue weighted by molar-refractivity contribution is 6.11. The molecular formula is C45H38N6O13. The number of carboxylic acids is 1. The van der Waals surface area contributed by atoms with Crippen LogP contribution in [0.3, 0.4) is 0 Å². The first-order chi connectivity index (χ1) is 30.7. The number of methoxy groups -OCH3 is 2. The van der Waals surface area contributed by atoms with Crippen molar-refractivity contribution in [2.75, 3.05) is 42.3 Å². The number of nitriles is 1. The van der Waals surface area contributed by atoms with Gasteiger partial charge in [0.1, 0.15) is 11.6 Å². The number of aromatic hydroxyl groups is 2. The number of carboxylic acid groups (broad SMARTS) is 1. The van der Waals surface area contributed by atoms with Crippen LogP contribution in [0.2, 0.25) is 0 Å². The van der Waals surface area contributed by atoms with E-state index in [1.807, 2.05) is 6.07 Å². The Bertz CT molecular complexity index is 2750. The molecule has 8 N–H and O–H groups in total. The third-order valence-corrected chi connectivity index (χ3v) is 9.52. The van der Waals surface area contributed by atoms with Gasteiger partial charge in [-0.1, -0.05) is 6.07 Å². The summed E-state index contributed by atoms with van der Waals surface area (Å²) in [5, 5.41) is 52.8. The molecule has 5 aromatic rings. The molecular weight excluding hydrogens is 833 g/mol. The van der Waals surface area contributed by atoms with Crippen LogP contribution in [0.5, 0.6) is 34.5 Å². The molecule has 0 bridgehead atoms. The second-order valence-corrected chi connectivity index (χ2v) is 13.7. The molecule has 5 amide bonds. The largest absolute Gasteiger partial charge is 0.504 e. The summed E-state index contributed by atoms with van der Waals surface area (Å²) in [4.78, 5) is 76.8. The molecule has 1 atom stereocenters. The van der Waals surface area contributed by atoms with Gasteiger partial charge in [0.15, 0.2) is 34.5 Å². The molecule has 326 valence electrons. The number of carbonyl (C=O) groups excluding carboxylic acids is 5. The molecule has 6 rings (SSSR count). The maximum absolute atomic E-state index is 13.2. The Labute approximate surface area is 363 Å². The van der Waals surface area contributed by atoms with E-state index in [4.69, 9.17) is 18.9 Å². The lowest BCUT2D eigenvalue weighted by Crippen LogP contribution is -2.43. The number of benzene rings is 5. The monoisotopic (exact) mass is 870 g/mol. The number of ether oxygens (including phenoxy) is 4. The van der Waals surface area contributed by atoms with E-state index in [-0.39, 0.29) is 64.4 Å². The lowest BCUT2D eigenvalue weighted by Gasteiger charge is -2.17. The summed E-state index contributed by atoms with van der Waals surface area (Å²) in [5.74, 6) is -5.49. The zero-order chi connectivity index (χ0) is 46.1. The van der Waals surface area contributed by atoms with Crippen molar-refractivity contribution in [2.24, 2.45) is 0 Å². The van der Waals surface area contributed by atoms with E-state index in [0.29, 0.717) is 22.8 Å². The smallest absolute Gasteiger partial charge is 0.339 e. The predicted molar refractivity (Wildman–Crippen MR) is 230 cm³/mol. The third-order valence-electron chi connectivity index (χ3n) is 9.52. The number of aromatic carboxylic acids is 1. The Morgan fingerprint density at radius 1 is 0.703 bits per heavy atom. The first-order valence-corrected chi connectivity index (χ1v) is 18.9. The molecule has 0 aliphatic carbocycles. The highest BCUT2D eigenvalue weighted by Crippen LogP contribution is 2.41. The van der Waals surface area contributed by atoms with Gasteiger partial charge in [0, 0.05) is 28.1 Å². The molecule has 64 heavy (non-hydrogen) atoms.